The Hall–Kier alpha value is -0.170. The third kappa shape index (κ3) is 5.51. The Bertz CT molecular complexity index is 397. The zero-order valence-electron chi connectivity index (χ0n) is 13.4. The topological polar surface area (TPSA) is 58.6 Å². The fourth-order valence-corrected chi connectivity index (χ4v) is 4.79. The van der Waals surface area contributed by atoms with Gasteiger partial charge in [-0.25, -0.2) is 12.7 Å². The summed E-state index contributed by atoms with van der Waals surface area (Å²) in [5.74, 6) is 1.44. The fraction of sp³-hybridized carbons (Fsp3) is 1.00. The highest BCUT2D eigenvalue weighted by Gasteiger charge is 2.31. The van der Waals surface area contributed by atoms with Gasteiger partial charge in [0.2, 0.25) is 10.0 Å². The van der Waals surface area contributed by atoms with Gasteiger partial charge in [-0.05, 0) is 50.6 Å². The summed E-state index contributed by atoms with van der Waals surface area (Å²) in [5, 5.41) is 3.48. The van der Waals surface area contributed by atoms with E-state index in [0.717, 1.165) is 38.8 Å². The van der Waals surface area contributed by atoms with Crippen LogP contribution in [0.3, 0.4) is 0 Å². The van der Waals surface area contributed by atoms with Crippen LogP contribution in [0.2, 0.25) is 0 Å². The maximum absolute atomic E-state index is 12.4. The Labute approximate surface area is 129 Å². The van der Waals surface area contributed by atoms with Crippen molar-refractivity contribution in [2.45, 2.75) is 45.6 Å². The summed E-state index contributed by atoms with van der Waals surface area (Å²) in [7, 11) is -3.14. The van der Waals surface area contributed by atoms with E-state index in [9.17, 15) is 8.42 Å². The molecule has 0 aliphatic carbocycles. The Morgan fingerprint density at radius 3 is 2.52 bits per heavy atom. The zero-order chi connectivity index (χ0) is 15.3. The molecule has 5 nitrogen and oxygen atoms in total. The van der Waals surface area contributed by atoms with Crippen LogP contribution in [0.1, 0.15) is 39.5 Å². The number of sulfonamides is 1. The number of nitrogens with zero attached hydrogens (tertiary/aromatic N) is 1. The molecule has 1 unspecified atom stereocenters. The van der Waals surface area contributed by atoms with Crippen molar-refractivity contribution < 1.29 is 13.2 Å². The Balaban J connectivity index is 1.72. The van der Waals surface area contributed by atoms with E-state index >= 15 is 0 Å². The summed E-state index contributed by atoms with van der Waals surface area (Å²) >= 11 is 0. The molecule has 0 radical (unpaired) electrons. The van der Waals surface area contributed by atoms with Crippen molar-refractivity contribution in [3.8, 4) is 0 Å². The first-order chi connectivity index (χ1) is 9.97. The van der Waals surface area contributed by atoms with Gasteiger partial charge in [0, 0.05) is 19.7 Å². The zero-order valence-corrected chi connectivity index (χ0v) is 14.2. The summed E-state index contributed by atoms with van der Waals surface area (Å²) in [4.78, 5) is 0. The number of hydrogen-bond donors (Lipinski definition) is 1. The SMILES string of the molecule is CC(C)CNCC1CCN(S(=O)(=O)CC2CCCO2)CC1. The van der Waals surface area contributed by atoms with Gasteiger partial charge in [0.15, 0.2) is 0 Å². The van der Waals surface area contributed by atoms with E-state index in [2.05, 4.69) is 19.2 Å². The lowest BCUT2D eigenvalue weighted by Gasteiger charge is -2.32. The highest BCUT2D eigenvalue weighted by Crippen LogP contribution is 2.22. The summed E-state index contributed by atoms with van der Waals surface area (Å²) in [5.41, 5.74) is 0. The van der Waals surface area contributed by atoms with Gasteiger partial charge in [-0.3, -0.25) is 0 Å². The lowest BCUT2D eigenvalue weighted by molar-refractivity contribution is 0.126. The Morgan fingerprint density at radius 1 is 1.24 bits per heavy atom. The lowest BCUT2D eigenvalue weighted by atomic mass is 9.98. The summed E-state index contributed by atoms with van der Waals surface area (Å²) in [6.45, 7) is 8.51. The van der Waals surface area contributed by atoms with E-state index in [-0.39, 0.29) is 11.9 Å². The molecular formula is C15H30N2O3S. The fourth-order valence-electron chi connectivity index (χ4n) is 3.08. The monoisotopic (exact) mass is 318 g/mol. The normalized spacial score (nSPS) is 25.8. The molecular weight excluding hydrogens is 288 g/mol. The highest BCUT2D eigenvalue weighted by atomic mass is 32.2. The van der Waals surface area contributed by atoms with Gasteiger partial charge in [-0.2, -0.15) is 0 Å². The molecule has 124 valence electrons. The largest absolute Gasteiger partial charge is 0.377 e. The van der Waals surface area contributed by atoms with E-state index in [0.29, 0.717) is 31.5 Å². The minimum atomic E-state index is -3.14. The van der Waals surface area contributed by atoms with Gasteiger partial charge in [-0.15, -0.1) is 0 Å². The van der Waals surface area contributed by atoms with Crippen LogP contribution in [0, 0.1) is 11.8 Å². The van der Waals surface area contributed by atoms with Crippen molar-refractivity contribution in [1.29, 1.82) is 0 Å². The molecule has 0 aromatic carbocycles. The number of rotatable bonds is 7. The summed E-state index contributed by atoms with van der Waals surface area (Å²) in [6.07, 6.45) is 3.73. The van der Waals surface area contributed by atoms with Gasteiger partial charge in [0.1, 0.15) is 0 Å². The van der Waals surface area contributed by atoms with Crippen molar-refractivity contribution >= 4 is 10.0 Å². The van der Waals surface area contributed by atoms with Crippen LogP contribution in [0.5, 0.6) is 0 Å². The second-order valence-electron chi connectivity index (χ2n) is 6.81. The van der Waals surface area contributed by atoms with Crippen molar-refractivity contribution in [3.63, 3.8) is 0 Å². The molecule has 2 rings (SSSR count). The molecule has 21 heavy (non-hydrogen) atoms. The van der Waals surface area contributed by atoms with Crippen molar-refractivity contribution in [2.24, 2.45) is 11.8 Å². The van der Waals surface area contributed by atoms with E-state index < -0.39 is 10.0 Å². The molecule has 0 amide bonds. The van der Waals surface area contributed by atoms with Crippen LogP contribution < -0.4 is 5.32 Å². The van der Waals surface area contributed by atoms with Gasteiger partial charge >= 0.3 is 0 Å². The minimum Gasteiger partial charge on any atom is -0.377 e. The van der Waals surface area contributed by atoms with Crippen LogP contribution in [0.15, 0.2) is 0 Å². The van der Waals surface area contributed by atoms with Gasteiger partial charge < -0.3 is 10.1 Å². The minimum absolute atomic E-state index is 0.0829. The van der Waals surface area contributed by atoms with Crippen molar-refractivity contribution in [3.05, 3.63) is 0 Å². The molecule has 2 fully saturated rings. The second-order valence-corrected chi connectivity index (χ2v) is 8.82. The molecule has 6 heteroatoms. The molecule has 0 aromatic heterocycles. The molecule has 0 aromatic rings. The second kappa shape index (κ2) is 7.90. The van der Waals surface area contributed by atoms with E-state index in [1.807, 2.05) is 0 Å². The number of ether oxygens (including phenoxy) is 1. The number of hydrogen-bond acceptors (Lipinski definition) is 4. The number of piperidine rings is 1. The molecule has 0 spiro atoms. The first-order valence-corrected chi connectivity index (χ1v) is 9.88. The molecule has 2 aliphatic rings. The summed E-state index contributed by atoms with van der Waals surface area (Å²) < 4.78 is 31.9. The van der Waals surface area contributed by atoms with Crippen molar-refractivity contribution in [1.82, 2.24) is 9.62 Å². The van der Waals surface area contributed by atoms with Crippen LogP contribution in [0.25, 0.3) is 0 Å². The average Bonchev–Trinajstić information content (AvgIpc) is 2.91. The van der Waals surface area contributed by atoms with E-state index in [4.69, 9.17) is 4.74 Å². The standard InChI is InChI=1S/C15H30N2O3S/c1-13(2)10-16-11-14-5-7-17(8-6-14)21(18,19)12-15-4-3-9-20-15/h13-16H,3-12H2,1-2H3. The molecule has 2 heterocycles. The quantitative estimate of drug-likeness (QED) is 0.772. The Morgan fingerprint density at radius 2 is 1.95 bits per heavy atom. The number of nitrogens with one attached hydrogen (secondary N) is 1. The van der Waals surface area contributed by atoms with Gasteiger partial charge in [0.25, 0.3) is 0 Å². The van der Waals surface area contributed by atoms with Crippen molar-refractivity contribution in [2.75, 3.05) is 38.5 Å². The van der Waals surface area contributed by atoms with Crippen LogP contribution in [-0.2, 0) is 14.8 Å². The van der Waals surface area contributed by atoms with Crippen LogP contribution >= 0.6 is 0 Å². The first-order valence-electron chi connectivity index (χ1n) is 8.27. The third-order valence-corrected chi connectivity index (χ3v) is 6.32. The molecule has 2 aliphatic heterocycles. The molecule has 1 atom stereocenters. The average molecular weight is 318 g/mol. The van der Waals surface area contributed by atoms with Gasteiger partial charge in [-0.1, -0.05) is 13.8 Å². The third-order valence-electron chi connectivity index (χ3n) is 4.37. The maximum atomic E-state index is 12.4. The Kier molecular flexibility index (Phi) is 6.47. The maximum Gasteiger partial charge on any atom is 0.216 e. The van der Waals surface area contributed by atoms with E-state index in [1.165, 1.54) is 0 Å². The highest BCUT2D eigenvalue weighted by molar-refractivity contribution is 7.89. The van der Waals surface area contributed by atoms with Crippen LogP contribution in [0.4, 0.5) is 0 Å². The molecule has 2 saturated heterocycles. The predicted molar refractivity (Wildman–Crippen MR) is 84.8 cm³/mol. The van der Waals surface area contributed by atoms with Gasteiger partial charge in [0.05, 0.1) is 11.9 Å². The van der Waals surface area contributed by atoms with Crippen LogP contribution in [-0.4, -0.2) is 57.4 Å². The predicted octanol–water partition coefficient (Wildman–Crippen LogP) is 1.45. The molecule has 0 bridgehead atoms. The smallest absolute Gasteiger partial charge is 0.216 e. The lowest BCUT2D eigenvalue weighted by Crippen LogP contribution is -2.43. The molecule has 1 N–H and O–H groups in total. The summed E-state index contributed by atoms with van der Waals surface area (Å²) in [6, 6.07) is 0. The first kappa shape index (κ1) is 17.2. The van der Waals surface area contributed by atoms with E-state index in [1.54, 1.807) is 4.31 Å². The molecule has 0 saturated carbocycles.